The molecule has 0 aliphatic carbocycles. The molecule has 0 N–H and O–H groups in total. The van der Waals surface area contributed by atoms with Crippen molar-refractivity contribution in [2.24, 2.45) is 0 Å². The lowest BCUT2D eigenvalue weighted by Gasteiger charge is -2.03. The molecule has 1 atom stereocenters. The molecule has 0 saturated heterocycles. The molecule has 0 aliphatic rings. The summed E-state index contributed by atoms with van der Waals surface area (Å²) < 4.78 is 14.4. The van der Waals surface area contributed by atoms with Crippen LogP contribution in [0.3, 0.4) is 0 Å². The average molecular weight is 349 g/mol. The third-order valence-corrected chi connectivity index (χ3v) is 4.55. The van der Waals surface area contributed by atoms with Crippen molar-refractivity contribution in [3.63, 3.8) is 0 Å². The van der Waals surface area contributed by atoms with Gasteiger partial charge in [0.15, 0.2) is 4.90 Å². The lowest BCUT2D eigenvalue weighted by Crippen LogP contribution is -1.96. The number of aryl methyl sites for hydroxylation is 1. The van der Waals surface area contributed by atoms with Crippen molar-refractivity contribution in [2.75, 3.05) is 6.26 Å². The number of fused-ring (bicyclic) bond motifs is 1. The van der Waals surface area contributed by atoms with Crippen LogP contribution < -0.4 is 0 Å². The average Bonchev–Trinajstić information content (AvgIpc) is 2.83. The second kappa shape index (κ2) is 5.24. The zero-order valence-corrected chi connectivity index (χ0v) is 13.5. The fraction of sp³-hybridized carbons (Fsp3) is 0.133. The maximum absolute atomic E-state index is 11.4. The number of pyridine rings is 1. The van der Waals surface area contributed by atoms with Crippen molar-refractivity contribution in [3.8, 4) is 11.3 Å². The lowest BCUT2D eigenvalue weighted by atomic mass is 10.2. The summed E-state index contributed by atoms with van der Waals surface area (Å²) >= 11 is 2.54. The van der Waals surface area contributed by atoms with Crippen molar-refractivity contribution >= 4 is 32.8 Å². The Kier molecular flexibility index (Phi) is 3.58. The van der Waals surface area contributed by atoms with Gasteiger partial charge in [0.2, 0.25) is 0 Å². The third-order valence-electron chi connectivity index (χ3n) is 3.18. The van der Waals surface area contributed by atoms with Gasteiger partial charge in [-0.15, -0.1) is 0 Å². The fourth-order valence-corrected chi connectivity index (χ4v) is 3.27. The molecular formula is C15H13BrN2OS. The molecule has 1 unspecified atom stereocenters. The van der Waals surface area contributed by atoms with E-state index in [0.29, 0.717) is 0 Å². The lowest BCUT2D eigenvalue weighted by molar-refractivity contribution is 0.601. The van der Waals surface area contributed by atoms with E-state index in [0.717, 1.165) is 31.8 Å². The Labute approximate surface area is 129 Å². The summed E-state index contributed by atoms with van der Waals surface area (Å²) in [7, 11) is 0. The van der Waals surface area contributed by atoms with Gasteiger partial charge in [-0.2, -0.15) is 0 Å². The van der Waals surface area contributed by atoms with E-state index in [9.17, 15) is 4.55 Å². The molecule has 20 heavy (non-hydrogen) atoms. The first kappa shape index (κ1) is 13.7. The van der Waals surface area contributed by atoms with E-state index < -0.39 is 11.2 Å². The molecule has 2 aromatic heterocycles. The molecule has 5 heteroatoms. The minimum absolute atomic E-state index is 0.830. The van der Waals surface area contributed by atoms with Crippen LogP contribution in [0, 0.1) is 6.92 Å². The number of rotatable bonds is 2. The Morgan fingerprint density at radius 1 is 1.20 bits per heavy atom. The van der Waals surface area contributed by atoms with E-state index in [1.807, 2.05) is 48.0 Å². The molecule has 0 amide bonds. The third kappa shape index (κ3) is 2.49. The van der Waals surface area contributed by atoms with Crippen LogP contribution in [-0.2, 0) is 11.2 Å². The van der Waals surface area contributed by atoms with E-state index in [2.05, 4.69) is 27.0 Å². The van der Waals surface area contributed by atoms with Crippen molar-refractivity contribution in [3.05, 3.63) is 52.8 Å². The summed E-state index contributed by atoms with van der Waals surface area (Å²) in [5.41, 5.74) is 4.02. The van der Waals surface area contributed by atoms with Gasteiger partial charge in [0.25, 0.3) is 0 Å². The molecule has 2 heterocycles. The summed E-state index contributed by atoms with van der Waals surface area (Å²) in [6, 6.07) is 9.75. The fourth-order valence-electron chi connectivity index (χ4n) is 2.18. The van der Waals surface area contributed by atoms with Gasteiger partial charge in [-0.05, 0) is 69.9 Å². The molecule has 0 bridgehead atoms. The van der Waals surface area contributed by atoms with Crippen LogP contribution in [0.1, 0.15) is 5.56 Å². The molecule has 1 aromatic carbocycles. The topological polar surface area (TPSA) is 40.4 Å². The first-order valence-electron chi connectivity index (χ1n) is 6.13. The van der Waals surface area contributed by atoms with Crippen molar-refractivity contribution in [2.45, 2.75) is 11.8 Å². The van der Waals surface area contributed by atoms with E-state index in [-0.39, 0.29) is 0 Å². The Morgan fingerprint density at radius 3 is 2.55 bits per heavy atom. The molecule has 102 valence electrons. The van der Waals surface area contributed by atoms with Gasteiger partial charge in [-0.3, -0.25) is 0 Å². The molecule has 0 radical (unpaired) electrons. The highest BCUT2D eigenvalue weighted by atomic mass is 79.9. The van der Waals surface area contributed by atoms with Crippen LogP contribution in [-0.4, -0.2) is 20.2 Å². The summed E-state index contributed by atoms with van der Waals surface area (Å²) in [6.45, 7) is 2.04. The van der Waals surface area contributed by atoms with Crippen molar-refractivity contribution in [1.29, 1.82) is 0 Å². The van der Waals surface area contributed by atoms with Gasteiger partial charge < -0.3 is 8.95 Å². The first-order valence-corrected chi connectivity index (χ1v) is 8.48. The van der Waals surface area contributed by atoms with E-state index in [1.54, 1.807) is 6.26 Å². The molecule has 0 fully saturated rings. The van der Waals surface area contributed by atoms with Crippen LogP contribution in [0.25, 0.3) is 16.9 Å². The normalized spacial score (nSPS) is 12.8. The van der Waals surface area contributed by atoms with Gasteiger partial charge in [-0.1, -0.05) is 0 Å². The maximum atomic E-state index is 11.4. The Hall–Kier alpha value is -1.30. The number of benzene rings is 1. The largest absolute Gasteiger partial charge is 0.612 e. The van der Waals surface area contributed by atoms with Crippen molar-refractivity contribution in [1.82, 2.24) is 9.38 Å². The second-order valence-electron chi connectivity index (χ2n) is 4.68. The molecular weight excluding hydrogens is 336 g/mol. The molecule has 3 aromatic rings. The van der Waals surface area contributed by atoms with Crippen molar-refractivity contribution < 1.29 is 4.55 Å². The van der Waals surface area contributed by atoms with Crippen LogP contribution in [0.2, 0.25) is 0 Å². The van der Waals surface area contributed by atoms with Crippen LogP contribution in [0.15, 0.2) is 52.1 Å². The van der Waals surface area contributed by atoms with Gasteiger partial charge in [-0.25, -0.2) is 4.98 Å². The number of halogens is 1. The Balaban J connectivity index is 2.08. The Bertz CT molecular complexity index is 765. The standard InChI is InChI=1S/C15H13BrN2OS/c1-10-7-12(16)8-18-9-14(17-15(10)18)11-3-5-13(6-4-11)20(2)19/h3-9H,1-2H3. The number of hydrogen-bond donors (Lipinski definition) is 0. The summed E-state index contributed by atoms with van der Waals surface area (Å²) in [5, 5.41) is 0. The molecule has 3 rings (SSSR count). The smallest absolute Gasteiger partial charge is 0.152 e. The minimum atomic E-state index is -0.947. The molecule has 0 saturated carbocycles. The van der Waals surface area contributed by atoms with Crippen LogP contribution in [0.5, 0.6) is 0 Å². The summed E-state index contributed by atoms with van der Waals surface area (Å²) in [4.78, 5) is 5.49. The summed E-state index contributed by atoms with van der Waals surface area (Å²) in [5.74, 6) is 0. The number of imidazole rings is 1. The van der Waals surface area contributed by atoms with Gasteiger partial charge in [0, 0.05) is 22.4 Å². The highest BCUT2D eigenvalue weighted by Gasteiger charge is 2.09. The zero-order valence-electron chi connectivity index (χ0n) is 11.1. The summed E-state index contributed by atoms with van der Waals surface area (Å²) in [6.07, 6.45) is 5.68. The predicted octanol–water partition coefficient (Wildman–Crippen LogP) is 3.81. The van der Waals surface area contributed by atoms with Gasteiger partial charge >= 0.3 is 0 Å². The SMILES string of the molecule is Cc1cc(Br)cn2cc(-c3ccc([S+](C)[O-])cc3)nc12. The minimum Gasteiger partial charge on any atom is -0.612 e. The van der Waals surface area contributed by atoms with Crippen LogP contribution in [0.4, 0.5) is 0 Å². The first-order chi connectivity index (χ1) is 9.54. The van der Waals surface area contributed by atoms with Gasteiger partial charge in [0.1, 0.15) is 11.9 Å². The zero-order chi connectivity index (χ0) is 14.3. The number of aromatic nitrogens is 2. The maximum Gasteiger partial charge on any atom is 0.152 e. The van der Waals surface area contributed by atoms with E-state index in [1.165, 1.54) is 0 Å². The predicted molar refractivity (Wildman–Crippen MR) is 85.4 cm³/mol. The van der Waals surface area contributed by atoms with Gasteiger partial charge in [0.05, 0.1) is 5.69 Å². The van der Waals surface area contributed by atoms with E-state index >= 15 is 0 Å². The Morgan fingerprint density at radius 2 is 1.90 bits per heavy atom. The quantitative estimate of drug-likeness (QED) is 0.660. The number of hydrogen-bond acceptors (Lipinski definition) is 2. The highest BCUT2D eigenvalue weighted by Crippen LogP contribution is 2.24. The van der Waals surface area contributed by atoms with E-state index in [4.69, 9.17) is 0 Å². The molecule has 0 aliphatic heterocycles. The monoisotopic (exact) mass is 348 g/mol. The highest BCUT2D eigenvalue weighted by molar-refractivity contribution is 9.10. The second-order valence-corrected chi connectivity index (χ2v) is 6.97. The molecule has 0 spiro atoms. The number of nitrogens with zero attached hydrogens (tertiary/aromatic N) is 2. The molecule has 3 nitrogen and oxygen atoms in total. The van der Waals surface area contributed by atoms with Crippen LogP contribution >= 0.6 is 15.9 Å².